The van der Waals surface area contributed by atoms with Gasteiger partial charge in [-0.2, -0.15) is 0 Å². The SMILES string of the molecule is COc1ccc(CC(=O)N2CC(N3CCC(C(N)=O)CC3)C2)cc1OC. The zero-order valence-corrected chi connectivity index (χ0v) is 15.4. The molecule has 0 aliphatic carbocycles. The third-order valence-corrected chi connectivity index (χ3v) is 5.47. The molecule has 0 bridgehead atoms. The van der Waals surface area contributed by atoms with Gasteiger partial charge in [0.25, 0.3) is 0 Å². The van der Waals surface area contributed by atoms with Crippen molar-refractivity contribution in [1.29, 1.82) is 0 Å². The Bertz CT molecular complexity index is 665. The molecule has 1 aromatic carbocycles. The molecular formula is C19H27N3O4. The number of hydrogen-bond acceptors (Lipinski definition) is 5. The van der Waals surface area contributed by atoms with E-state index in [1.54, 1.807) is 14.2 Å². The van der Waals surface area contributed by atoms with E-state index in [1.807, 2.05) is 23.1 Å². The Kier molecular flexibility index (Phi) is 5.66. The van der Waals surface area contributed by atoms with Crippen LogP contribution in [0.3, 0.4) is 0 Å². The first-order valence-electron chi connectivity index (χ1n) is 9.04. The minimum absolute atomic E-state index is 0.00844. The molecular weight excluding hydrogens is 334 g/mol. The van der Waals surface area contributed by atoms with Gasteiger partial charge in [-0.3, -0.25) is 14.5 Å². The first-order valence-corrected chi connectivity index (χ1v) is 9.04. The Balaban J connectivity index is 1.47. The summed E-state index contributed by atoms with van der Waals surface area (Å²) in [6.07, 6.45) is 2.01. The van der Waals surface area contributed by atoms with E-state index in [9.17, 15) is 9.59 Å². The number of primary amides is 1. The van der Waals surface area contributed by atoms with E-state index in [2.05, 4.69) is 4.90 Å². The number of rotatable bonds is 6. The van der Waals surface area contributed by atoms with Crippen LogP contribution >= 0.6 is 0 Å². The Morgan fingerprint density at radius 3 is 2.35 bits per heavy atom. The second-order valence-electron chi connectivity index (χ2n) is 7.03. The highest BCUT2D eigenvalue weighted by Crippen LogP contribution is 2.28. The van der Waals surface area contributed by atoms with Crippen molar-refractivity contribution in [3.05, 3.63) is 23.8 Å². The lowest BCUT2D eigenvalue weighted by Crippen LogP contribution is -2.62. The summed E-state index contributed by atoms with van der Waals surface area (Å²) in [7, 11) is 3.18. The monoisotopic (exact) mass is 361 g/mol. The van der Waals surface area contributed by atoms with Crippen molar-refractivity contribution < 1.29 is 19.1 Å². The van der Waals surface area contributed by atoms with E-state index in [0.29, 0.717) is 24.0 Å². The zero-order valence-electron chi connectivity index (χ0n) is 15.4. The average molecular weight is 361 g/mol. The predicted molar refractivity (Wildman–Crippen MR) is 97.1 cm³/mol. The number of nitrogens with two attached hydrogens (primary N) is 1. The number of carbonyl (C=O) groups is 2. The van der Waals surface area contributed by atoms with Gasteiger partial charge in [0.2, 0.25) is 11.8 Å². The maximum atomic E-state index is 12.5. The third-order valence-electron chi connectivity index (χ3n) is 5.47. The van der Waals surface area contributed by atoms with E-state index in [4.69, 9.17) is 15.2 Å². The maximum absolute atomic E-state index is 12.5. The second kappa shape index (κ2) is 7.95. The summed E-state index contributed by atoms with van der Waals surface area (Å²) in [6, 6.07) is 5.97. The summed E-state index contributed by atoms with van der Waals surface area (Å²) in [6.45, 7) is 3.28. The normalized spacial score (nSPS) is 19.1. The van der Waals surface area contributed by atoms with Gasteiger partial charge in [0, 0.05) is 25.0 Å². The lowest BCUT2D eigenvalue weighted by Gasteiger charge is -2.47. The number of benzene rings is 1. The lowest BCUT2D eigenvalue weighted by atomic mass is 9.93. The minimum Gasteiger partial charge on any atom is -0.493 e. The van der Waals surface area contributed by atoms with Crippen LogP contribution in [0.2, 0.25) is 0 Å². The zero-order chi connectivity index (χ0) is 18.7. The van der Waals surface area contributed by atoms with Gasteiger partial charge >= 0.3 is 0 Å². The molecule has 1 aromatic rings. The van der Waals surface area contributed by atoms with Crippen LogP contribution in [0.25, 0.3) is 0 Å². The van der Waals surface area contributed by atoms with Crippen molar-refractivity contribution in [2.45, 2.75) is 25.3 Å². The number of ether oxygens (including phenoxy) is 2. The van der Waals surface area contributed by atoms with Crippen LogP contribution in [0, 0.1) is 5.92 Å². The molecule has 0 aromatic heterocycles. The maximum Gasteiger partial charge on any atom is 0.227 e. The van der Waals surface area contributed by atoms with Gasteiger partial charge in [-0.25, -0.2) is 0 Å². The summed E-state index contributed by atoms with van der Waals surface area (Å²) < 4.78 is 10.5. The molecule has 2 aliphatic rings. The first kappa shape index (κ1) is 18.5. The van der Waals surface area contributed by atoms with Gasteiger partial charge in [-0.05, 0) is 43.6 Å². The van der Waals surface area contributed by atoms with E-state index >= 15 is 0 Å². The summed E-state index contributed by atoms with van der Waals surface area (Å²) in [4.78, 5) is 28.0. The Morgan fingerprint density at radius 2 is 1.77 bits per heavy atom. The fourth-order valence-corrected chi connectivity index (χ4v) is 3.72. The third kappa shape index (κ3) is 3.93. The Hall–Kier alpha value is -2.28. The van der Waals surface area contributed by atoms with Crippen LogP contribution in [0.4, 0.5) is 0 Å². The van der Waals surface area contributed by atoms with E-state index < -0.39 is 0 Å². The van der Waals surface area contributed by atoms with Crippen LogP contribution in [-0.4, -0.2) is 68.1 Å². The molecule has 2 amide bonds. The van der Waals surface area contributed by atoms with E-state index in [1.165, 1.54) is 0 Å². The van der Waals surface area contributed by atoms with Crippen molar-refractivity contribution in [2.75, 3.05) is 40.4 Å². The van der Waals surface area contributed by atoms with Crippen molar-refractivity contribution in [3.8, 4) is 11.5 Å². The van der Waals surface area contributed by atoms with Gasteiger partial charge < -0.3 is 20.1 Å². The number of nitrogens with zero attached hydrogens (tertiary/aromatic N) is 2. The molecule has 2 aliphatic heterocycles. The van der Waals surface area contributed by atoms with Crippen molar-refractivity contribution in [3.63, 3.8) is 0 Å². The predicted octanol–water partition coefficient (Wildman–Crippen LogP) is 0.654. The number of piperidine rings is 1. The molecule has 0 radical (unpaired) electrons. The molecule has 0 saturated carbocycles. The fourth-order valence-electron chi connectivity index (χ4n) is 3.72. The smallest absolute Gasteiger partial charge is 0.227 e. The number of amides is 2. The lowest BCUT2D eigenvalue weighted by molar-refractivity contribution is -0.138. The summed E-state index contributed by atoms with van der Waals surface area (Å²) in [5, 5.41) is 0. The molecule has 0 spiro atoms. The molecule has 26 heavy (non-hydrogen) atoms. The molecule has 0 unspecified atom stereocenters. The highest BCUT2D eigenvalue weighted by molar-refractivity contribution is 5.80. The molecule has 7 heteroatoms. The standard InChI is InChI=1S/C19H27N3O4/c1-25-16-4-3-13(9-17(16)26-2)10-18(23)22-11-15(12-22)21-7-5-14(6-8-21)19(20)24/h3-4,9,14-15H,5-8,10-12H2,1-2H3,(H2,20,24). The topological polar surface area (TPSA) is 85.1 Å². The van der Waals surface area contributed by atoms with Crippen molar-refractivity contribution in [1.82, 2.24) is 9.80 Å². The fraction of sp³-hybridized carbons (Fsp3) is 0.579. The second-order valence-corrected chi connectivity index (χ2v) is 7.03. The molecule has 142 valence electrons. The number of methoxy groups -OCH3 is 2. The molecule has 2 N–H and O–H groups in total. The van der Waals surface area contributed by atoms with Gasteiger partial charge in [-0.1, -0.05) is 6.07 Å². The average Bonchev–Trinajstić information content (AvgIpc) is 2.60. The first-order chi connectivity index (χ1) is 12.5. The van der Waals surface area contributed by atoms with Gasteiger partial charge in [0.15, 0.2) is 11.5 Å². The largest absolute Gasteiger partial charge is 0.493 e. The van der Waals surface area contributed by atoms with E-state index in [0.717, 1.165) is 44.6 Å². The molecule has 3 rings (SSSR count). The van der Waals surface area contributed by atoms with Crippen LogP contribution < -0.4 is 15.2 Å². The summed E-state index contributed by atoms with van der Waals surface area (Å²) >= 11 is 0. The Labute approximate surface area is 154 Å². The molecule has 2 heterocycles. The van der Waals surface area contributed by atoms with Crippen molar-refractivity contribution in [2.24, 2.45) is 11.7 Å². The van der Waals surface area contributed by atoms with Gasteiger partial charge in [-0.15, -0.1) is 0 Å². The highest BCUT2D eigenvalue weighted by Gasteiger charge is 2.36. The number of carbonyl (C=O) groups excluding carboxylic acids is 2. The van der Waals surface area contributed by atoms with Crippen molar-refractivity contribution >= 4 is 11.8 Å². The number of likely N-dealkylation sites (tertiary alicyclic amines) is 2. The molecule has 0 atom stereocenters. The van der Waals surface area contributed by atoms with Gasteiger partial charge in [0.1, 0.15) is 0 Å². The van der Waals surface area contributed by atoms with Crippen LogP contribution in [-0.2, 0) is 16.0 Å². The molecule has 2 saturated heterocycles. The van der Waals surface area contributed by atoms with Gasteiger partial charge in [0.05, 0.1) is 20.6 Å². The van der Waals surface area contributed by atoms with Crippen LogP contribution in [0.1, 0.15) is 18.4 Å². The highest BCUT2D eigenvalue weighted by atomic mass is 16.5. The van der Waals surface area contributed by atoms with Crippen LogP contribution in [0.15, 0.2) is 18.2 Å². The minimum atomic E-state index is -0.190. The summed E-state index contributed by atoms with van der Waals surface area (Å²) in [5.41, 5.74) is 6.30. The quantitative estimate of drug-likeness (QED) is 0.804. The van der Waals surface area contributed by atoms with E-state index in [-0.39, 0.29) is 17.7 Å². The molecule has 2 fully saturated rings. The summed E-state index contributed by atoms with van der Waals surface area (Å²) in [5.74, 6) is 1.24. The number of hydrogen-bond donors (Lipinski definition) is 1. The Morgan fingerprint density at radius 1 is 1.12 bits per heavy atom. The van der Waals surface area contributed by atoms with Crippen LogP contribution in [0.5, 0.6) is 11.5 Å². The molecule has 7 nitrogen and oxygen atoms in total.